The van der Waals surface area contributed by atoms with Gasteiger partial charge in [-0.2, -0.15) is 0 Å². The standard InChI is InChI=1S/C41H27N3.C39H25N3.C35H23N3/c1-3-9-28(10-4-1)29-15-19-33(20-16-29)44-38-14-8-7-13-34(38)35-25-30(17-21-39(35)44)31-18-22-40-36(26-31)37-27-42-24-23-41(37)43(40)32-11-5-2-6-12-32;1-2-10-30(11-3-1)41-38-19-16-29(24-34(38)35-25-40-21-20-39(35)41)28-15-18-37-33(23-28)32-12-6-7-13-36(32)42(37)31-17-14-26-8-4-5-9-27(26)22-31;1-3-9-26(10-4-1)37-32-14-8-7-13-28(32)29-21-24(15-17-33(29)37)25-16-18-34-30(22-25)31-23-36-20-19-35(31)38(34)27-11-5-2-6-12-27/h1-27H;1-25H;1-23H. The van der Waals surface area contributed by atoms with Crippen LogP contribution in [0.4, 0.5) is 0 Å². The topological polar surface area (TPSA) is 68.2 Å². The van der Waals surface area contributed by atoms with Crippen LogP contribution in [0.5, 0.6) is 0 Å². The van der Waals surface area contributed by atoms with E-state index in [2.05, 4.69) is 461 Å². The van der Waals surface area contributed by atoms with Crippen molar-refractivity contribution in [3.8, 4) is 78.6 Å². The lowest BCUT2D eigenvalue weighted by molar-refractivity contribution is 1.17. The van der Waals surface area contributed by atoms with Crippen LogP contribution < -0.4 is 0 Å². The predicted octanol–water partition coefficient (Wildman–Crippen LogP) is 29.6. The second kappa shape index (κ2) is 29.6. The fraction of sp³-hybridized carbons (Fsp3) is 0. The first-order valence-corrected chi connectivity index (χ1v) is 42.2. The molecule has 9 aromatic heterocycles. The minimum absolute atomic E-state index is 1.15. The summed E-state index contributed by atoms with van der Waals surface area (Å²) in [5, 5.41) is 17.1. The molecule has 0 saturated heterocycles. The molecule has 124 heavy (non-hydrogen) atoms. The van der Waals surface area contributed by atoms with Gasteiger partial charge in [0.2, 0.25) is 0 Å². The van der Waals surface area contributed by atoms with Crippen LogP contribution >= 0.6 is 0 Å². The Kier molecular flexibility index (Phi) is 17.1. The van der Waals surface area contributed by atoms with Crippen LogP contribution in [0.2, 0.25) is 0 Å². The molecule has 9 heterocycles. The first-order chi connectivity index (χ1) is 61.5. The summed E-state index contributed by atoms with van der Waals surface area (Å²) in [6.45, 7) is 0. The van der Waals surface area contributed by atoms with Gasteiger partial charge in [0.15, 0.2) is 0 Å². The third-order valence-electron chi connectivity index (χ3n) is 25.0. The monoisotopic (exact) mass is 1580 g/mol. The Labute approximate surface area is 713 Å². The number of para-hydroxylation sites is 7. The predicted molar refractivity (Wildman–Crippen MR) is 518 cm³/mol. The molecule has 0 fully saturated rings. The molecule has 9 heteroatoms. The van der Waals surface area contributed by atoms with Crippen molar-refractivity contribution >= 4 is 142 Å². The van der Waals surface area contributed by atoms with Gasteiger partial charge in [0.25, 0.3) is 0 Å². The highest BCUT2D eigenvalue weighted by Gasteiger charge is 2.22. The van der Waals surface area contributed by atoms with E-state index in [1.807, 2.05) is 37.2 Å². The zero-order chi connectivity index (χ0) is 81.7. The molecule has 0 atom stereocenters. The lowest BCUT2D eigenvalue weighted by Gasteiger charge is -2.10. The first-order valence-electron chi connectivity index (χ1n) is 42.2. The number of pyridine rings is 3. The van der Waals surface area contributed by atoms with Gasteiger partial charge in [-0.25, -0.2) is 0 Å². The third kappa shape index (κ3) is 12.0. The molecule has 26 aromatic rings. The molecule has 26 rings (SSSR count). The lowest BCUT2D eigenvalue weighted by atomic mass is 10.0. The van der Waals surface area contributed by atoms with E-state index in [1.54, 1.807) is 0 Å². The van der Waals surface area contributed by atoms with Crippen molar-refractivity contribution in [2.75, 3.05) is 0 Å². The van der Waals surface area contributed by atoms with Crippen LogP contribution in [0.3, 0.4) is 0 Å². The van der Waals surface area contributed by atoms with Crippen molar-refractivity contribution in [2.24, 2.45) is 0 Å². The van der Waals surface area contributed by atoms with E-state index in [1.165, 1.54) is 170 Å². The van der Waals surface area contributed by atoms with Crippen LogP contribution in [-0.4, -0.2) is 42.4 Å². The van der Waals surface area contributed by atoms with E-state index in [0.717, 1.165) is 49.9 Å². The van der Waals surface area contributed by atoms with E-state index in [9.17, 15) is 0 Å². The molecule has 0 unspecified atom stereocenters. The van der Waals surface area contributed by atoms with Gasteiger partial charge in [-0.15, -0.1) is 0 Å². The molecule has 0 N–H and O–H groups in total. The highest BCUT2D eigenvalue weighted by molar-refractivity contribution is 6.17. The number of nitrogens with zero attached hydrogens (tertiary/aromatic N) is 9. The van der Waals surface area contributed by atoms with E-state index < -0.39 is 0 Å². The van der Waals surface area contributed by atoms with Gasteiger partial charge < -0.3 is 27.4 Å². The van der Waals surface area contributed by atoms with E-state index >= 15 is 0 Å². The second-order valence-corrected chi connectivity index (χ2v) is 31.9. The van der Waals surface area contributed by atoms with Gasteiger partial charge in [-0.05, 0) is 237 Å². The quantitative estimate of drug-likeness (QED) is 0.137. The minimum atomic E-state index is 1.15. The summed E-state index contributed by atoms with van der Waals surface area (Å²) in [7, 11) is 0. The largest absolute Gasteiger partial charge is 0.309 e. The van der Waals surface area contributed by atoms with Crippen LogP contribution in [-0.2, 0) is 0 Å². The summed E-state index contributed by atoms with van der Waals surface area (Å²) in [4.78, 5) is 13.4. The molecule has 17 aromatic carbocycles. The Balaban J connectivity index is 0.000000105. The molecule has 0 aliphatic heterocycles. The number of hydrogen-bond acceptors (Lipinski definition) is 3. The first kappa shape index (κ1) is 71.4. The van der Waals surface area contributed by atoms with Crippen molar-refractivity contribution < 1.29 is 0 Å². The molecule has 0 spiro atoms. The fourth-order valence-electron chi connectivity index (χ4n) is 19.3. The van der Waals surface area contributed by atoms with Crippen LogP contribution in [0, 0.1) is 0 Å². The molecule has 580 valence electrons. The lowest BCUT2D eigenvalue weighted by Crippen LogP contribution is -1.94. The molecule has 0 aliphatic carbocycles. The summed E-state index contributed by atoms with van der Waals surface area (Å²) < 4.78 is 14.1. The van der Waals surface area contributed by atoms with E-state index in [4.69, 9.17) is 0 Å². The Hall–Kier alpha value is -16.8. The summed E-state index contributed by atoms with van der Waals surface area (Å²) in [6.07, 6.45) is 11.6. The Morgan fingerprint density at radius 3 is 0.685 bits per heavy atom. The fourth-order valence-corrected chi connectivity index (χ4v) is 19.3. The van der Waals surface area contributed by atoms with Crippen LogP contribution in [0.25, 0.3) is 220 Å². The number of hydrogen-bond donors (Lipinski definition) is 0. The molecule has 0 radical (unpaired) electrons. The molecular weight excluding hydrogens is 1510 g/mol. The van der Waals surface area contributed by atoms with Crippen LogP contribution in [0.1, 0.15) is 0 Å². The SMILES string of the molecule is c1ccc(-c2ccc(-n3c4ccccc4c4cc(-c5ccc6c(c5)c5cnccc5n6-c5ccccc5)ccc43)cc2)cc1.c1ccc(-n2c3ccccc3c3cc(-c4ccc5c(c4)c4cnccc4n5-c4ccccc4)ccc32)cc1.c1ccc(-n2c3ccncc3c3cc(-c4ccc5c(c4)c4ccccc4n5-c4ccc5ccccc5c4)ccc32)cc1. The minimum Gasteiger partial charge on any atom is -0.309 e. The Morgan fingerprint density at radius 1 is 0.129 bits per heavy atom. The number of rotatable bonds is 10. The maximum atomic E-state index is 4.49. The average Bonchev–Trinajstić information content (AvgIpc) is 1.60. The summed E-state index contributed by atoms with van der Waals surface area (Å²) >= 11 is 0. The van der Waals surface area contributed by atoms with Crippen molar-refractivity contribution in [1.29, 1.82) is 0 Å². The van der Waals surface area contributed by atoms with Crippen molar-refractivity contribution in [3.63, 3.8) is 0 Å². The van der Waals surface area contributed by atoms with Gasteiger partial charge >= 0.3 is 0 Å². The Bertz CT molecular complexity index is 8500. The zero-order valence-electron chi connectivity index (χ0n) is 67.3. The number of benzene rings is 17. The maximum absolute atomic E-state index is 4.49. The second-order valence-electron chi connectivity index (χ2n) is 31.9. The van der Waals surface area contributed by atoms with Gasteiger partial charge in [-0.3, -0.25) is 15.0 Å². The molecule has 0 bridgehead atoms. The van der Waals surface area contributed by atoms with Gasteiger partial charge in [-0.1, -0.05) is 237 Å². The molecule has 0 aliphatic rings. The van der Waals surface area contributed by atoms with Crippen LogP contribution in [0.15, 0.2) is 456 Å². The van der Waals surface area contributed by atoms with Crippen molar-refractivity contribution in [2.45, 2.75) is 0 Å². The Morgan fingerprint density at radius 2 is 0.355 bits per heavy atom. The maximum Gasteiger partial charge on any atom is 0.0571 e. The number of fused-ring (bicyclic) bond motifs is 19. The highest BCUT2D eigenvalue weighted by atomic mass is 15.0. The average molecular weight is 1580 g/mol. The highest BCUT2D eigenvalue weighted by Crippen LogP contribution is 2.44. The van der Waals surface area contributed by atoms with Gasteiger partial charge in [0, 0.05) is 136 Å². The van der Waals surface area contributed by atoms with E-state index in [-0.39, 0.29) is 0 Å². The van der Waals surface area contributed by atoms with E-state index in [0.29, 0.717) is 0 Å². The van der Waals surface area contributed by atoms with Gasteiger partial charge in [0.1, 0.15) is 0 Å². The summed E-state index contributed by atoms with van der Waals surface area (Å²) in [6, 6.07) is 150. The molecule has 0 saturated carbocycles. The van der Waals surface area contributed by atoms with Crippen molar-refractivity contribution in [3.05, 3.63) is 456 Å². The number of aromatic nitrogens is 9. The third-order valence-corrected chi connectivity index (χ3v) is 25.0. The normalized spacial score (nSPS) is 11.7. The molecule has 0 amide bonds. The summed E-state index contributed by atoms with van der Waals surface area (Å²) in [5.41, 5.74) is 30.9. The zero-order valence-corrected chi connectivity index (χ0v) is 67.3. The smallest absolute Gasteiger partial charge is 0.0571 e. The molecule has 9 nitrogen and oxygen atoms in total. The molecular formula is C115H75N9. The van der Waals surface area contributed by atoms with Crippen molar-refractivity contribution in [1.82, 2.24) is 42.4 Å². The summed E-state index contributed by atoms with van der Waals surface area (Å²) in [5.74, 6) is 0. The van der Waals surface area contributed by atoms with Gasteiger partial charge in [0.05, 0.1) is 66.2 Å².